The number of carbonyl (C=O) groups is 3. The fourth-order valence-electron chi connectivity index (χ4n) is 5.06. The predicted molar refractivity (Wildman–Crippen MR) is 138 cm³/mol. The van der Waals surface area contributed by atoms with Crippen LogP contribution in [0.15, 0.2) is 40.9 Å². The van der Waals surface area contributed by atoms with Gasteiger partial charge in [-0.05, 0) is 70.9 Å². The highest BCUT2D eigenvalue weighted by atomic mass is 79.9. The fraction of sp³-hybridized carbons (Fsp3) is 0.423. The summed E-state index contributed by atoms with van der Waals surface area (Å²) in [6.07, 6.45) is -3.49. The van der Waals surface area contributed by atoms with Crippen LogP contribution < -0.4 is 11.1 Å². The Morgan fingerprint density at radius 1 is 1.16 bits per heavy atom. The maximum absolute atomic E-state index is 13.3. The Morgan fingerprint density at radius 2 is 1.84 bits per heavy atom. The number of nitrogen functional groups attached to an aromatic ring is 1. The lowest BCUT2D eigenvalue weighted by molar-refractivity contribution is -0.146. The minimum Gasteiger partial charge on any atom is -0.481 e. The highest BCUT2D eigenvalue weighted by Gasteiger charge is 2.36. The molecule has 1 saturated heterocycles. The minimum absolute atomic E-state index is 0.0144. The number of carboxylic acids is 1. The molecule has 0 aliphatic carbocycles. The molecule has 2 aliphatic rings. The van der Waals surface area contributed by atoms with Gasteiger partial charge in [0.1, 0.15) is 0 Å². The number of benzene rings is 2. The summed E-state index contributed by atoms with van der Waals surface area (Å²) in [6.45, 7) is 1.27. The van der Waals surface area contributed by atoms with Gasteiger partial charge in [-0.25, -0.2) is 4.79 Å². The van der Waals surface area contributed by atoms with E-state index in [9.17, 15) is 32.7 Å². The first-order chi connectivity index (χ1) is 17.9. The van der Waals surface area contributed by atoms with Gasteiger partial charge in [-0.1, -0.05) is 18.2 Å². The first-order valence-corrected chi connectivity index (χ1v) is 13.0. The molecule has 1 fully saturated rings. The third kappa shape index (κ3) is 6.23. The van der Waals surface area contributed by atoms with E-state index in [0.717, 1.165) is 17.3 Å². The van der Waals surface area contributed by atoms with E-state index in [1.54, 1.807) is 9.80 Å². The minimum atomic E-state index is -4.70. The molecular weight excluding hydrogens is 569 g/mol. The van der Waals surface area contributed by atoms with Crippen molar-refractivity contribution in [3.05, 3.63) is 57.6 Å². The zero-order valence-electron chi connectivity index (χ0n) is 20.4. The van der Waals surface area contributed by atoms with Crippen molar-refractivity contribution in [2.45, 2.75) is 44.3 Å². The third-order valence-corrected chi connectivity index (χ3v) is 7.80. The van der Waals surface area contributed by atoms with E-state index in [1.807, 2.05) is 24.3 Å². The molecule has 204 valence electrons. The topological polar surface area (TPSA) is 116 Å². The van der Waals surface area contributed by atoms with E-state index in [2.05, 4.69) is 21.2 Å². The first kappa shape index (κ1) is 27.7. The standard InChI is InChI=1S/C26H28BrF3N4O4/c27-20-13-15(12-19(23(20)31)26(28,29)30)11-17(24(36)37)14-22(35)33-8-6-18(7-9-33)34-10-5-16-3-1-2-4-21(16)32-25(34)38/h1-4,12-13,17-18H,5-11,14,31H2,(H,32,38)(H,36,37)/t17-/m0/s1. The van der Waals surface area contributed by atoms with Crippen molar-refractivity contribution in [1.82, 2.24) is 9.80 Å². The SMILES string of the molecule is Nc1c(Br)cc(C[C@@H](CC(=O)N2CCC(N3CCc4ccccc4NC3=O)CC2)C(=O)O)cc1C(F)(F)F. The van der Waals surface area contributed by atoms with Gasteiger partial charge in [0, 0.05) is 42.3 Å². The van der Waals surface area contributed by atoms with Crippen LogP contribution in [-0.2, 0) is 28.6 Å². The van der Waals surface area contributed by atoms with Crippen LogP contribution in [0, 0.1) is 5.92 Å². The molecule has 0 spiro atoms. The van der Waals surface area contributed by atoms with Crippen LogP contribution in [0.2, 0.25) is 0 Å². The van der Waals surface area contributed by atoms with Gasteiger partial charge < -0.3 is 26.0 Å². The summed E-state index contributed by atoms with van der Waals surface area (Å²) < 4.78 is 40.0. The Balaban J connectivity index is 1.36. The van der Waals surface area contributed by atoms with Crippen molar-refractivity contribution in [1.29, 1.82) is 0 Å². The molecule has 0 saturated carbocycles. The van der Waals surface area contributed by atoms with E-state index in [-0.39, 0.29) is 40.9 Å². The highest BCUT2D eigenvalue weighted by molar-refractivity contribution is 9.10. The fourth-order valence-corrected chi connectivity index (χ4v) is 5.57. The van der Waals surface area contributed by atoms with Crippen LogP contribution in [0.1, 0.15) is 36.0 Å². The summed E-state index contributed by atoms with van der Waals surface area (Å²) in [5.41, 5.74) is 5.98. The normalized spacial score (nSPS) is 17.4. The average Bonchev–Trinajstić information content (AvgIpc) is 3.03. The monoisotopic (exact) mass is 596 g/mol. The summed E-state index contributed by atoms with van der Waals surface area (Å²) in [5.74, 6) is -2.85. The summed E-state index contributed by atoms with van der Waals surface area (Å²) in [6, 6.07) is 9.57. The Kier molecular flexibility index (Phi) is 8.19. The molecule has 1 atom stereocenters. The van der Waals surface area contributed by atoms with Crippen molar-refractivity contribution in [2.75, 3.05) is 30.7 Å². The van der Waals surface area contributed by atoms with Crippen LogP contribution in [0.5, 0.6) is 0 Å². The molecule has 12 heteroatoms. The number of rotatable bonds is 6. The summed E-state index contributed by atoms with van der Waals surface area (Å²) >= 11 is 3.01. The van der Waals surface area contributed by atoms with E-state index >= 15 is 0 Å². The second kappa shape index (κ2) is 11.2. The van der Waals surface area contributed by atoms with Gasteiger partial charge in [0.25, 0.3) is 0 Å². The second-order valence-corrected chi connectivity index (χ2v) is 10.5. The van der Waals surface area contributed by atoms with E-state index in [4.69, 9.17) is 5.73 Å². The zero-order chi connectivity index (χ0) is 27.6. The number of likely N-dealkylation sites (tertiary alicyclic amines) is 1. The molecule has 0 aromatic heterocycles. The molecular formula is C26H28BrF3N4O4. The molecule has 4 rings (SSSR count). The van der Waals surface area contributed by atoms with E-state index in [1.165, 1.54) is 6.07 Å². The van der Waals surface area contributed by atoms with Crippen molar-refractivity contribution >= 4 is 45.2 Å². The molecule has 0 radical (unpaired) electrons. The predicted octanol–water partition coefficient (Wildman–Crippen LogP) is 4.76. The van der Waals surface area contributed by atoms with Crippen LogP contribution >= 0.6 is 15.9 Å². The molecule has 38 heavy (non-hydrogen) atoms. The molecule has 2 heterocycles. The lowest BCUT2D eigenvalue weighted by Crippen LogP contribution is -2.50. The number of urea groups is 1. The van der Waals surface area contributed by atoms with Crippen LogP contribution in [0.25, 0.3) is 0 Å². The van der Waals surface area contributed by atoms with Gasteiger partial charge >= 0.3 is 18.2 Å². The molecule has 4 N–H and O–H groups in total. The number of aliphatic carboxylic acids is 1. The van der Waals surface area contributed by atoms with E-state index < -0.39 is 29.3 Å². The van der Waals surface area contributed by atoms with Gasteiger partial charge in [0.05, 0.1) is 17.2 Å². The Morgan fingerprint density at radius 3 is 2.50 bits per heavy atom. The summed E-state index contributed by atoms with van der Waals surface area (Å²) in [4.78, 5) is 41.0. The number of fused-ring (bicyclic) bond motifs is 1. The Hall–Kier alpha value is -3.28. The lowest BCUT2D eigenvalue weighted by Gasteiger charge is -2.38. The number of nitrogens with two attached hydrogens (primary N) is 1. The number of nitrogens with zero attached hydrogens (tertiary/aromatic N) is 2. The van der Waals surface area contributed by atoms with Gasteiger partial charge in [-0.3, -0.25) is 9.59 Å². The van der Waals surface area contributed by atoms with Crippen molar-refractivity contribution in [3.63, 3.8) is 0 Å². The summed E-state index contributed by atoms with van der Waals surface area (Å²) in [7, 11) is 0. The number of hydrogen-bond acceptors (Lipinski definition) is 4. The van der Waals surface area contributed by atoms with Crippen LogP contribution in [0.4, 0.5) is 29.3 Å². The maximum atomic E-state index is 13.3. The molecule has 0 unspecified atom stereocenters. The lowest BCUT2D eigenvalue weighted by atomic mass is 9.93. The van der Waals surface area contributed by atoms with Crippen LogP contribution in [0.3, 0.4) is 0 Å². The quantitative estimate of drug-likeness (QED) is 0.416. The number of nitrogens with one attached hydrogen (secondary N) is 1. The highest BCUT2D eigenvalue weighted by Crippen LogP contribution is 2.38. The van der Waals surface area contributed by atoms with Gasteiger partial charge in [0.2, 0.25) is 5.91 Å². The maximum Gasteiger partial charge on any atom is 0.418 e. The smallest absolute Gasteiger partial charge is 0.418 e. The van der Waals surface area contributed by atoms with Crippen molar-refractivity contribution in [3.8, 4) is 0 Å². The molecule has 2 aromatic rings. The summed E-state index contributed by atoms with van der Waals surface area (Å²) in [5, 5.41) is 12.6. The number of anilines is 2. The average molecular weight is 597 g/mol. The van der Waals surface area contributed by atoms with Gasteiger partial charge in [0.15, 0.2) is 0 Å². The number of amides is 3. The third-order valence-electron chi connectivity index (χ3n) is 7.15. The molecule has 3 amide bonds. The van der Waals surface area contributed by atoms with E-state index in [0.29, 0.717) is 38.9 Å². The van der Waals surface area contributed by atoms with Crippen molar-refractivity contribution in [2.24, 2.45) is 5.92 Å². The largest absolute Gasteiger partial charge is 0.481 e. The number of piperidine rings is 1. The van der Waals surface area contributed by atoms with Crippen LogP contribution in [-0.4, -0.2) is 58.5 Å². The Bertz CT molecular complexity index is 1230. The number of alkyl halides is 3. The Labute approximate surface area is 226 Å². The molecule has 8 nitrogen and oxygen atoms in total. The van der Waals surface area contributed by atoms with Crippen molar-refractivity contribution < 1.29 is 32.7 Å². The zero-order valence-corrected chi connectivity index (χ0v) is 22.0. The number of hydrogen-bond donors (Lipinski definition) is 3. The molecule has 2 aromatic carbocycles. The van der Waals surface area contributed by atoms with Gasteiger partial charge in [-0.15, -0.1) is 0 Å². The molecule has 0 bridgehead atoms. The molecule has 2 aliphatic heterocycles. The number of para-hydroxylation sites is 1. The van der Waals surface area contributed by atoms with Gasteiger partial charge in [-0.2, -0.15) is 13.2 Å². The number of carbonyl (C=O) groups excluding carboxylic acids is 2. The second-order valence-electron chi connectivity index (χ2n) is 9.62. The number of carboxylic acid groups (broad SMARTS) is 1. The first-order valence-electron chi connectivity index (χ1n) is 12.2. The number of halogens is 4.